The maximum atomic E-state index is 11.0. The Morgan fingerprint density at radius 3 is 2.00 bits per heavy atom. The third-order valence-corrected chi connectivity index (χ3v) is 6.24. The van der Waals surface area contributed by atoms with Gasteiger partial charge >= 0.3 is 6.09 Å². The molecule has 6 fully saturated rings. The number of aldehydes is 1. The lowest BCUT2D eigenvalue weighted by molar-refractivity contribution is -0.604. The van der Waals surface area contributed by atoms with Gasteiger partial charge in [0.15, 0.2) is 0 Å². The highest BCUT2D eigenvalue weighted by molar-refractivity contribution is 5.81. The van der Waals surface area contributed by atoms with E-state index in [4.69, 9.17) is 5.11 Å². The van der Waals surface area contributed by atoms with Crippen LogP contribution < -0.4 is 5.32 Å². The zero-order chi connectivity index (χ0) is 9.46. The average molecular weight is 191 g/mol. The Kier molecular flexibility index (Phi) is 0.570. The molecule has 1 amide bonds. The van der Waals surface area contributed by atoms with Crippen LogP contribution >= 0.6 is 0 Å². The molecule has 0 spiro atoms. The molecule has 0 radical (unpaired) electrons. The zero-order valence-corrected chi connectivity index (χ0v) is 7.31. The maximum absolute atomic E-state index is 11.0. The Bertz CT molecular complexity index is 376. The fourth-order valence-electron chi connectivity index (χ4n) is 6.28. The summed E-state index contributed by atoms with van der Waals surface area (Å²) >= 11 is 0. The van der Waals surface area contributed by atoms with Crippen LogP contribution in [0.2, 0.25) is 0 Å². The molecule has 0 aromatic carbocycles. The van der Waals surface area contributed by atoms with Gasteiger partial charge in [-0.05, 0) is 35.5 Å². The fraction of sp³-hybridized carbons (Fsp3) is 0.800. The van der Waals surface area contributed by atoms with Crippen molar-refractivity contribution in [3.63, 3.8) is 0 Å². The van der Waals surface area contributed by atoms with E-state index in [0.29, 0.717) is 35.5 Å². The van der Waals surface area contributed by atoms with E-state index in [-0.39, 0.29) is 11.0 Å². The number of carbonyl (C=O) groups is 2. The summed E-state index contributed by atoms with van der Waals surface area (Å²) in [6.07, 6.45) is 0.279. The van der Waals surface area contributed by atoms with Gasteiger partial charge in [-0.25, -0.2) is 4.79 Å². The summed E-state index contributed by atoms with van der Waals surface area (Å²) in [6.45, 7) is 0. The van der Waals surface area contributed by atoms with Gasteiger partial charge in [0.2, 0.25) is 0 Å². The van der Waals surface area contributed by atoms with Gasteiger partial charge in [-0.2, -0.15) is 0 Å². The lowest BCUT2D eigenvalue weighted by atomic mass is 8.94. The van der Waals surface area contributed by atoms with E-state index >= 15 is 0 Å². The second kappa shape index (κ2) is 1.24. The third-order valence-electron chi connectivity index (χ3n) is 6.24. The highest BCUT2D eigenvalue weighted by Gasteiger charge is 3.10. The summed E-state index contributed by atoms with van der Waals surface area (Å²) < 4.78 is 0. The minimum atomic E-state index is -0.888. The van der Waals surface area contributed by atoms with Gasteiger partial charge in [0.25, 0.3) is 0 Å². The number of hydrogen-bond donors (Lipinski definition) is 2. The number of rotatable bonds is 2. The summed E-state index contributed by atoms with van der Waals surface area (Å²) in [7, 11) is 0. The van der Waals surface area contributed by atoms with Crippen LogP contribution in [0.1, 0.15) is 0 Å². The lowest BCUT2D eigenvalue weighted by Gasteiger charge is -3.09. The first-order chi connectivity index (χ1) is 6.71. The minimum Gasteiger partial charge on any atom is -0.465 e. The molecule has 0 atom stereocenters. The van der Waals surface area contributed by atoms with Crippen molar-refractivity contribution in [1.29, 1.82) is 0 Å². The normalized spacial score (nSPS) is 76.6. The van der Waals surface area contributed by atoms with Crippen molar-refractivity contribution in [2.45, 2.75) is 5.54 Å². The van der Waals surface area contributed by atoms with Crippen LogP contribution in [0.15, 0.2) is 0 Å². The Morgan fingerprint density at radius 2 is 1.64 bits per heavy atom. The Morgan fingerprint density at radius 1 is 1.14 bits per heavy atom. The molecular formula is C10H9NO3. The molecule has 0 heterocycles. The molecule has 0 aromatic heterocycles. The second-order valence-electron chi connectivity index (χ2n) is 5.64. The topological polar surface area (TPSA) is 66.4 Å². The van der Waals surface area contributed by atoms with Crippen molar-refractivity contribution in [1.82, 2.24) is 5.32 Å². The predicted molar refractivity (Wildman–Crippen MR) is 43.3 cm³/mol. The Balaban J connectivity index is 1.56. The quantitative estimate of drug-likeness (QED) is 0.601. The summed E-state index contributed by atoms with van der Waals surface area (Å²) in [4.78, 5) is 21.6. The van der Waals surface area contributed by atoms with Gasteiger partial charge in [0.05, 0.1) is 5.54 Å². The first kappa shape index (κ1) is 6.43. The molecule has 72 valence electrons. The van der Waals surface area contributed by atoms with E-state index in [9.17, 15) is 9.59 Å². The van der Waals surface area contributed by atoms with Crippen molar-refractivity contribution in [3.05, 3.63) is 0 Å². The minimum absolute atomic E-state index is 0.0450. The number of carboxylic acid groups (broad SMARTS) is 1. The molecule has 6 saturated carbocycles. The van der Waals surface area contributed by atoms with Gasteiger partial charge in [0.1, 0.15) is 6.29 Å². The van der Waals surface area contributed by atoms with E-state index in [1.165, 1.54) is 6.29 Å². The van der Waals surface area contributed by atoms with Crippen molar-refractivity contribution >= 4 is 12.4 Å². The van der Waals surface area contributed by atoms with Gasteiger partial charge in [0, 0.05) is 5.41 Å². The van der Waals surface area contributed by atoms with Crippen LogP contribution in [0.4, 0.5) is 4.79 Å². The van der Waals surface area contributed by atoms with E-state index in [0.717, 1.165) is 0 Å². The fourth-order valence-corrected chi connectivity index (χ4v) is 6.28. The standard InChI is InChI=1S/C10H9NO3/c12-1-9-2-5-3(9)7-4(9)6(2)10(5,7)11-8(13)14/h1-7,11H,(H,13,14). The maximum Gasteiger partial charge on any atom is 0.405 e. The van der Waals surface area contributed by atoms with Gasteiger partial charge in [-0.15, -0.1) is 0 Å². The third kappa shape index (κ3) is 0.241. The average Bonchev–Trinajstić information content (AvgIpc) is 2.18. The van der Waals surface area contributed by atoms with Crippen molar-refractivity contribution in [2.75, 3.05) is 0 Å². The molecular weight excluding hydrogens is 182 g/mol. The monoisotopic (exact) mass is 191 g/mol. The molecule has 0 aromatic rings. The number of carbonyl (C=O) groups excluding carboxylic acids is 1. The number of nitrogens with one attached hydrogen (secondary N) is 1. The van der Waals surface area contributed by atoms with Gasteiger partial charge < -0.3 is 15.2 Å². The number of amides is 1. The summed E-state index contributed by atoms with van der Waals surface area (Å²) in [5, 5.41) is 11.5. The molecule has 0 aliphatic heterocycles. The van der Waals surface area contributed by atoms with Crippen molar-refractivity contribution < 1.29 is 14.7 Å². The van der Waals surface area contributed by atoms with Gasteiger partial charge in [-0.1, -0.05) is 0 Å². The second-order valence-corrected chi connectivity index (χ2v) is 5.64. The molecule has 6 rings (SSSR count). The predicted octanol–water partition coefficient (Wildman–Crippen LogP) is -0.0567. The Labute approximate surface area is 79.7 Å². The molecule has 0 bridgehead atoms. The lowest BCUT2D eigenvalue weighted by Crippen LogP contribution is -3.15. The first-order valence-electron chi connectivity index (χ1n) is 5.18. The molecule has 0 unspecified atom stereocenters. The summed E-state index contributed by atoms with van der Waals surface area (Å²) in [5.74, 6) is 3.28. The van der Waals surface area contributed by atoms with E-state index in [2.05, 4.69) is 5.32 Å². The van der Waals surface area contributed by atoms with Crippen LogP contribution in [-0.4, -0.2) is 23.0 Å². The van der Waals surface area contributed by atoms with Gasteiger partial charge in [-0.3, -0.25) is 0 Å². The molecule has 4 heteroatoms. The molecule has 2 N–H and O–H groups in total. The van der Waals surface area contributed by atoms with Crippen LogP contribution in [0.25, 0.3) is 0 Å². The molecule has 0 saturated heterocycles. The summed E-state index contributed by atoms with van der Waals surface area (Å²) in [6, 6.07) is 0. The summed E-state index contributed by atoms with van der Waals surface area (Å²) in [5.41, 5.74) is 0.0124. The largest absolute Gasteiger partial charge is 0.465 e. The molecule has 4 nitrogen and oxygen atoms in total. The van der Waals surface area contributed by atoms with E-state index < -0.39 is 6.09 Å². The smallest absolute Gasteiger partial charge is 0.405 e. The SMILES string of the molecule is O=CC12C3C4C1C1C2C3C41NC(=O)O. The van der Waals surface area contributed by atoms with Crippen LogP contribution in [0.3, 0.4) is 0 Å². The van der Waals surface area contributed by atoms with Crippen LogP contribution in [0.5, 0.6) is 0 Å². The molecule has 6 aliphatic rings. The van der Waals surface area contributed by atoms with Crippen LogP contribution in [-0.2, 0) is 4.79 Å². The Hall–Kier alpha value is -1.06. The first-order valence-corrected chi connectivity index (χ1v) is 5.18. The molecule has 14 heavy (non-hydrogen) atoms. The highest BCUT2D eigenvalue weighted by atomic mass is 16.4. The van der Waals surface area contributed by atoms with Crippen molar-refractivity contribution in [3.8, 4) is 0 Å². The van der Waals surface area contributed by atoms with Crippen LogP contribution in [0, 0.1) is 40.9 Å². The highest BCUT2D eigenvalue weighted by Crippen LogP contribution is 3.06. The van der Waals surface area contributed by atoms with E-state index in [1.807, 2.05) is 0 Å². The zero-order valence-electron chi connectivity index (χ0n) is 7.31. The molecule has 6 aliphatic carbocycles. The number of hydrogen-bond acceptors (Lipinski definition) is 2. The van der Waals surface area contributed by atoms with Crippen molar-refractivity contribution in [2.24, 2.45) is 40.9 Å². The van der Waals surface area contributed by atoms with E-state index in [1.54, 1.807) is 0 Å².